The van der Waals surface area contributed by atoms with Gasteiger partial charge in [0.2, 0.25) is 5.91 Å². The summed E-state index contributed by atoms with van der Waals surface area (Å²) in [6.45, 7) is 6.81. The minimum absolute atomic E-state index is 0. The Bertz CT molecular complexity index is 430. The highest BCUT2D eigenvalue weighted by molar-refractivity contribution is 6.30. The van der Waals surface area contributed by atoms with Gasteiger partial charge in [0.05, 0.1) is 5.54 Å². The van der Waals surface area contributed by atoms with Gasteiger partial charge in [-0.2, -0.15) is 0 Å². The third-order valence-corrected chi connectivity index (χ3v) is 4.18. The van der Waals surface area contributed by atoms with Gasteiger partial charge in [0.25, 0.3) is 0 Å². The third-order valence-electron chi connectivity index (χ3n) is 3.92. The monoisotopic (exact) mass is 332 g/mol. The van der Waals surface area contributed by atoms with Crippen molar-refractivity contribution in [1.82, 2.24) is 10.6 Å². The average molecular weight is 333 g/mol. The Labute approximate surface area is 139 Å². The smallest absolute Gasteiger partial charge is 0.224 e. The molecule has 5 heteroatoms. The van der Waals surface area contributed by atoms with Crippen molar-refractivity contribution in [3.63, 3.8) is 0 Å². The molecule has 1 aromatic carbocycles. The van der Waals surface area contributed by atoms with Gasteiger partial charge >= 0.3 is 0 Å². The lowest BCUT2D eigenvalue weighted by molar-refractivity contribution is -0.126. The molecule has 1 rings (SSSR count). The second-order valence-corrected chi connectivity index (χ2v) is 5.68. The summed E-state index contributed by atoms with van der Waals surface area (Å²) in [5, 5.41) is 6.98. The highest BCUT2D eigenvalue weighted by Gasteiger charge is 2.31. The second kappa shape index (κ2) is 9.29. The number of amides is 1. The second-order valence-electron chi connectivity index (χ2n) is 5.24. The van der Waals surface area contributed by atoms with E-state index in [1.54, 1.807) is 0 Å². The van der Waals surface area contributed by atoms with Crippen molar-refractivity contribution in [2.45, 2.75) is 39.2 Å². The average Bonchev–Trinajstić information content (AvgIpc) is 2.46. The van der Waals surface area contributed by atoms with Crippen molar-refractivity contribution >= 4 is 29.9 Å². The molecule has 2 N–H and O–H groups in total. The molecular weight excluding hydrogens is 307 g/mol. The van der Waals surface area contributed by atoms with Gasteiger partial charge in [0, 0.05) is 17.5 Å². The lowest BCUT2D eigenvalue weighted by atomic mass is 9.84. The maximum absolute atomic E-state index is 12.3. The lowest BCUT2D eigenvalue weighted by Gasteiger charge is -2.34. The molecule has 0 aliphatic carbocycles. The van der Waals surface area contributed by atoms with Crippen LogP contribution in [0.4, 0.5) is 0 Å². The Morgan fingerprint density at radius 2 is 1.76 bits per heavy atom. The van der Waals surface area contributed by atoms with Crippen molar-refractivity contribution in [2.75, 3.05) is 13.6 Å². The van der Waals surface area contributed by atoms with E-state index in [1.807, 2.05) is 38.2 Å². The van der Waals surface area contributed by atoms with E-state index in [2.05, 4.69) is 24.5 Å². The molecule has 1 amide bonds. The number of hydrogen-bond acceptors (Lipinski definition) is 2. The topological polar surface area (TPSA) is 41.1 Å². The van der Waals surface area contributed by atoms with Gasteiger partial charge in [-0.3, -0.25) is 4.79 Å². The highest BCUT2D eigenvalue weighted by Crippen LogP contribution is 2.30. The van der Waals surface area contributed by atoms with Gasteiger partial charge in [-0.05, 0) is 37.6 Å². The SMILES string of the molecule is CCC(CC)(NC(=O)C(C)CNC)c1ccc(Cl)cc1.Cl. The zero-order valence-electron chi connectivity index (χ0n) is 13.2. The normalized spacial score (nSPS) is 12.4. The van der Waals surface area contributed by atoms with Crippen LogP contribution in [0.25, 0.3) is 0 Å². The molecule has 0 aromatic heterocycles. The fourth-order valence-electron chi connectivity index (χ4n) is 2.43. The Hall–Kier alpha value is -0.770. The fraction of sp³-hybridized carbons (Fsp3) is 0.562. The van der Waals surface area contributed by atoms with Crippen LogP contribution in [0.2, 0.25) is 5.02 Å². The summed E-state index contributed by atoms with van der Waals surface area (Å²) in [6, 6.07) is 7.75. The summed E-state index contributed by atoms with van der Waals surface area (Å²) in [5.41, 5.74) is 0.792. The molecule has 1 aromatic rings. The van der Waals surface area contributed by atoms with E-state index in [4.69, 9.17) is 11.6 Å². The van der Waals surface area contributed by atoms with Crippen molar-refractivity contribution in [1.29, 1.82) is 0 Å². The molecule has 3 nitrogen and oxygen atoms in total. The standard InChI is InChI=1S/C16H25ClN2O.ClH/c1-5-16(6-2,13-7-9-14(17)10-8-13)19-15(20)12(3)11-18-4;/h7-10,12,18H,5-6,11H2,1-4H3,(H,19,20);1H. The van der Waals surface area contributed by atoms with Crippen LogP contribution in [0.5, 0.6) is 0 Å². The Balaban J connectivity index is 0.00000400. The predicted octanol–water partition coefficient (Wildman–Crippen LogP) is 3.75. The summed E-state index contributed by atoms with van der Waals surface area (Å²) in [6.07, 6.45) is 1.70. The van der Waals surface area contributed by atoms with Crippen molar-refractivity contribution in [3.05, 3.63) is 34.9 Å². The number of carbonyl (C=O) groups is 1. The van der Waals surface area contributed by atoms with E-state index in [1.165, 1.54) is 0 Å². The predicted molar refractivity (Wildman–Crippen MR) is 92.2 cm³/mol. The largest absolute Gasteiger partial charge is 0.346 e. The minimum atomic E-state index is -0.316. The summed E-state index contributed by atoms with van der Waals surface area (Å²) in [4.78, 5) is 12.3. The maximum atomic E-state index is 12.3. The van der Waals surface area contributed by atoms with Gasteiger partial charge in [-0.25, -0.2) is 0 Å². The molecule has 0 bridgehead atoms. The zero-order chi connectivity index (χ0) is 15.2. The number of hydrogen-bond donors (Lipinski definition) is 2. The van der Waals surface area contributed by atoms with Crippen LogP contribution in [0.1, 0.15) is 39.2 Å². The summed E-state index contributed by atoms with van der Waals surface area (Å²) in [5.74, 6) is 0.0303. The fourth-order valence-corrected chi connectivity index (χ4v) is 2.56. The number of carbonyl (C=O) groups excluding carboxylic acids is 1. The van der Waals surface area contributed by atoms with Gasteiger partial charge in [-0.15, -0.1) is 12.4 Å². The molecule has 0 saturated carbocycles. The van der Waals surface area contributed by atoms with E-state index < -0.39 is 0 Å². The molecule has 0 fully saturated rings. The Morgan fingerprint density at radius 3 is 2.19 bits per heavy atom. The highest BCUT2D eigenvalue weighted by atomic mass is 35.5. The third kappa shape index (κ3) is 5.17. The first-order chi connectivity index (χ1) is 9.49. The van der Waals surface area contributed by atoms with Crippen LogP contribution >= 0.6 is 24.0 Å². The van der Waals surface area contributed by atoms with Crippen molar-refractivity contribution in [3.8, 4) is 0 Å². The first kappa shape index (κ1) is 20.2. The van der Waals surface area contributed by atoms with Gasteiger partial charge in [0.15, 0.2) is 0 Å². The van der Waals surface area contributed by atoms with E-state index in [0.717, 1.165) is 18.4 Å². The molecule has 0 heterocycles. The van der Waals surface area contributed by atoms with Crippen molar-refractivity contribution < 1.29 is 4.79 Å². The zero-order valence-corrected chi connectivity index (χ0v) is 14.8. The summed E-state index contributed by atoms with van der Waals surface area (Å²) in [7, 11) is 1.86. The van der Waals surface area contributed by atoms with Crippen LogP contribution in [-0.2, 0) is 10.3 Å². The van der Waals surface area contributed by atoms with Crippen LogP contribution < -0.4 is 10.6 Å². The van der Waals surface area contributed by atoms with Gasteiger partial charge in [-0.1, -0.05) is 44.5 Å². The summed E-state index contributed by atoms with van der Waals surface area (Å²) >= 11 is 5.95. The van der Waals surface area contributed by atoms with E-state index in [0.29, 0.717) is 11.6 Å². The van der Waals surface area contributed by atoms with Crippen LogP contribution in [0, 0.1) is 5.92 Å². The van der Waals surface area contributed by atoms with E-state index in [-0.39, 0.29) is 29.8 Å². The molecule has 120 valence electrons. The van der Waals surface area contributed by atoms with Crippen LogP contribution in [0.15, 0.2) is 24.3 Å². The number of nitrogens with one attached hydrogen (secondary N) is 2. The Morgan fingerprint density at radius 1 is 1.24 bits per heavy atom. The first-order valence-electron chi connectivity index (χ1n) is 7.21. The molecule has 0 radical (unpaired) electrons. The Kier molecular flexibility index (Phi) is 8.95. The molecule has 21 heavy (non-hydrogen) atoms. The van der Waals surface area contributed by atoms with Crippen LogP contribution in [0.3, 0.4) is 0 Å². The molecule has 0 saturated heterocycles. The molecule has 1 atom stereocenters. The molecular formula is C16H26Cl2N2O. The van der Waals surface area contributed by atoms with E-state index in [9.17, 15) is 4.79 Å². The quantitative estimate of drug-likeness (QED) is 0.798. The van der Waals surface area contributed by atoms with Crippen LogP contribution in [-0.4, -0.2) is 19.5 Å². The van der Waals surface area contributed by atoms with E-state index >= 15 is 0 Å². The van der Waals surface area contributed by atoms with Crippen molar-refractivity contribution in [2.24, 2.45) is 5.92 Å². The number of rotatable bonds is 7. The molecule has 0 spiro atoms. The maximum Gasteiger partial charge on any atom is 0.224 e. The number of halogens is 2. The van der Waals surface area contributed by atoms with Gasteiger partial charge in [0.1, 0.15) is 0 Å². The summed E-state index contributed by atoms with van der Waals surface area (Å²) < 4.78 is 0. The molecule has 1 unspecified atom stereocenters. The molecule has 0 aliphatic heterocycles. The lowest BCUT2D eigenvalue weighted by Crippen LogP contribution is -2.48. The number of benzene rings is 1. The molecule has 0 aliphatic rings. The first-order valence-corrected chi connectivity index (χ1v) is 7.59. The minimum Gasteiger partial charge on any atom is -0.346 e. The van der Waals surface area contributed by atoms with Gasteiger partial charge < -0.3 is 10.6 Å².